The van der Waals surface area contributed by atoms with Gasteiger partial charge in [-0.05, 0) is 78.6 Å². The standard InChI is InChI=1S/C29H34O4Si/c1-30-24-12-8-22(9-13-24)29(23-10-14-25(31-2)15-11-23)18-17-26-21(19-29)7-16-28(32-3)27(26)20-33-34(4,5)6/h7-18H,19-20H2,1-6H3. The Morgan fingerprint density at radius 1 is 0.735 bits per heavy atom. The Bertz CT molecular complexity index is 1110. The Kier molecular flexibility index (Phi) is 6.87. The third-order valence-corrected chi connectivity index (χ3v) is 7.50. The summed E-state index contributed by atoms with van der Waals surface area (Å²) in [4.78, 5) is 0. The molecule has 0 unspecified atom stereocenters. The summed E-state index contributed by atoms with van der Waals surface area (Å²) in [5.74, 6) is 2.58. The lowest BCUT2D eigenvalue weighted by atomic mass is 9.67. The first-order valence-corrected chi connectivity index (χ1v) is 15.0. The number of hydrogen-bond donors (Lipinski definition) is 0. The van der Waals surface area contributed by atoms with Crippen molar-refractivity contribution in [3.63, 3.8) is 0 Å². The molecule has 0 bridgehead atoms. The van der Waals surface area contributed by atoms with Gasteiger partial charge in [0.25, 0.3) is 0 Å². The van der Waals surface area contributed by atoms with Crippen molar-refractivity contribution in [1.29, 1.82) is 0 Å². The summed E-state index contributed by atoms with van der Waals surface area (Å²) in [6, 6.07) is 21.1. The summed E-state index contributed by atoms with van der Waals surface area (Å²) in [5.41, 5.74) is 5.74. The smallest absolute Gasteiger partial charge is 0.184 e. The van der Waals surface area contributed by atoms with Crippen LogP contribution in [-0.2, 0) is 22.9 Å². The van der Waals surface area contributed by atoms with Gasteiger partial charge in [-0.1, -0.05) is 42.5 Å². The number of methoxy groups -OCH3 is 3. The summed E-state index contributed by atoms with van der Waals surface area (Å²) in [7, 11) is 3.45. The van der Waals surface area contributed by atoms with E-state index in [4.69, 9.17) is 18.6 Å². The summed E-state index contributed by atoms with van der Waals surface area (Å²) in [5, 5.41) is 0. The van der Waals surface area contributed by atoms with E-state index in [1.165, 1.54) is 22.3 Å². The van der Waals surface area contributed by atoms with Gasteiger partial charge in [0.1, 0.15) is 17.2 Å². The zero-order valence-corrected chi connectivity index (χ0v) is 22.0. The van der Waals surface area contributed by atoms with Crippen LogP contribution < -0.4 is 14.2 Å². The van der Waals surface area contributed by atoms with Gasteiger partial charge in [0, 0.05) is 11.0 Å². The largest absolute Gasteiger partial charge is 0.497 e. The highest BCUT2D eigenvalue weighted by molar-refractivity contribution is 6.69. The van der Waals surface area contributed by atoms with Gasteiger partial charge in [-0.15, -0.1) is 0 Å². The molecule has 3 aromatic rings. The van der Waals surface area contributed by atoms with Gasteiger partial charge in [-0.3, -0.25) is 0 Å². The van der Waals surface area contributed by atoms with E-state index < -0.39 is 8.32 Å². The molecule has 0 amide bonds. The minimum Gasteiger partial charge on any atom is -0.497 e. The first kappa shape index (κ1) is 24.1. The average molecular weight is 475 g/mol. The van der Waals surface area contributed by atoms with Crippen LogP contribution in [0.25, 0.3) is 6.08 Å². The highest BCUT2D eigenvalue weighted by atomic mass is 28.4. The van der Waals surface area contributed by atoms with Crippen molar-refractivity contribution < 1.29 is 18.6 Å². The van der Waals surface area contributed by atoms with Crippen LogP contribution in [0.1, 0.15) is 27.8 Å². The first-order valence-electron chi connectivity index (χ1n) is 11.6. The fourth-order valence-corrected chi connectivity index (χ4v) is 5.19. The van der Waals surface area contributed by atoms with Crippen molar-refractivity contribution in [1.82, 2.24) is 0 Å². The molecular formula is C29H34O4Si. The molecule has 0 spiro atoms. The molecule has 34 heavy (non-hydrogen) atoms. The number of ether oxygens (including phenoxy) is 3. The molecule has 0 saturated carbocycles. The second-order valence-corrected chi connectivity index (χ2v) is 14.2. The number of benzene rings is 3. The van der Waals surface area contributed by atoms with E-state index in [9.17, 15) is 0 Å². The summed E-state index contributed by atoms with van der Waals surface area (Å²) in [6.07, 6.45) is 5.41. The molecule has 5 heteroatoms. The van der Waals surface area contributed by atoms with Crippen molar-refractivity contribution in [3.8, 4) is 17.2 Å². The molecule has 0 saturated heterocycles. The Labute approximate surface area is 204 Å². The molecule has 4 nitrogen and oxygen atoms in total. The van der Waals surface area contributed by atoms with E-state index in [1.807, 2.05) is 24.3 Å². The highest BCUT2D eigenvalue weighted by Crippen LogP contribution is 2.44. The van der Waals surface area contributed by atoms with Crippen LogP contribution in [0.2, 0.25) is 19.6 Å². The van der Waals surface area contributed by atoms with E-state index in [-0.39, 0.29) is 5.41 Å². The van der Waals surface area contributed by atoms with Gasteiger partial charge in [0.2, 0.25) is 0 Å². The number of allylic oxidation sites excluding steroid dienone is 1. The van der Waals surface area contributed by atoms with Crippen molar-refractivity contribution in [2.45, 2.75) is 38.1 Å². The maximum atomic E-state index is 6.29. The van der Waals surface area contributed by atoms with Crippen LogP contribution in [-0.4, -0.2) is 29.6 Å². The molecule has 4 rings (SSSR count). The molecule has 178 valence electrons. The van der Waals surface area contributed by atoms with E-state index in [1.54, 1.807) is 21.3 Å². The molecule has 1 aliphatic carbocycles. The van der Waals surface area contributed by atoms with Crippen LogP contribution in [0.5, 0.6) is 17.2 Å². The molecule has 0 aromatic heterocycles. The van der Waals surface area contributed by atoms with E-state index in [0.717, 1.165) is 29.2 Å². The fraction of sp³-hybridized carbons (Fsp3) is 0.310. The van der Waals surface area contributed by atoms with Crippen molar-refractivity contribution in [2.24, 2.45) is 0 Å². The predicted molar refractivity (Wildman–Crippen MR) is 141 cm³/mol. The summed E-state index contributed by atoms with van der Waals surface area (Å²) < 4.78 is 22.9. The quantitative estimate of drug-likeness (QED) is 0.344. The van der Waals surface area contributed by atoms with Crippen molar-refractivity contribution >= 4 is 14.4 Å². The van der Waals surface area contributed by atoms with Crippen LogP contribution >= 0.6 is 0 Å². The molecular weight excluding hydrogens is 440 g/mol. The Morgan fingerprint density at radius 3 is 1.76 bits per heavy atom. The Balaban J connectivity index is 1.83. The monoisotopic (exact) mass is 474 g/mol. The van der Waals surface area contributed by atoms with Crippen molar-refractivity contribution in [3.05, 3.63) is 94.6 Å². The summed E-state index contributed by atoms with van der Waals surface area (Å²) in [6.45, 7) is 7.19. The van der Waals surface area contributed by atoms with Gasteiger partial charge >= 0.3 is 0 Å². The molecule has 0 fully saturated rings. The van der Waals surface area contributed by atoms with Gasteiger partial charge in [0.05, 0.1) is 27.9 Å². The van der Waals surface area contributed by atoms with E-state index >= 15 is 0 Å². The van der Waals surface area contributed by atoms with E-state index in [2.05, 4.69) is 68.2 Å². The normalized spacial score (nSPS) is 14.4. The minimum atomic E-state index is -1.68. The second kappa shape index (κ2) is 9.69. The second-order valence-electron chi connectivity index (χ2n) is 9.66. The molecule has 3 aromatic carbocycles. The average Bonchev–Trinajstić information content (AvgIpc) is 2.86. The van der Waals surface area contributed by atoms with Crippen LogP contribution in [0.4, 0.5) is 0 Å². The van der Waals surface area contributed by atoms with Gasteiger partial charge in [-0.2, -0.15) is 0 Å². The van der Waals surface area contributed by atoms with E-state index in [0.29, 0.717) is 6.61 Å². The Morgan fingerprint density at radius 2 is 1.29 bits per heavy atom. The molecule has 0 N–H and O–H groups in total. The molecule has 0 radical (unpaired) electrons. The molecule has 0 atom stereocenters. The molecule has 0 aliphatic heterocycles. The maximum Gasteiger partial charge on any atom is 0.184 e. The number of hydrogen-bond acceptors (Lipinski definition) is 4. The molecule has 1 aliphatic rings. The number of rotatable bonds is 8. The minimum absolute atomic E-state index is 0.308. The predicted octanol–water partition coefficient (Wildman–Crippen LogP) is 6.62. The first-order chi connectivity index (χ1) is 16.3. The zero-order chi connectivity index (χ0) is 24.3. The van der Waals surface area contributed by atoms with Crippen LogP contribution in [0.3, 0.4) is 0 Å². The lowest BCUT2D eigenvalue weighted by molar-refractivity contribution is 0.290. The Hall–Kier alpha value is -3.02. The number of fused-ring (bicyclic) bond motifs is 1. The third-order valence-electron chi connectivity index (χ3n) is 6.49. The SMILES string of the molecule is COc1ccc(C2(c3ccc(OC)cc3)C=Cc3c(ccc(OC)c3CO[Si](C)(C)C)C2)cc1. The molecule has 0 heterocycles. The highest BCUT2D eigenvalue weighted by Gasteiger charge is 2.36. The third kappa shape index (κ3) is 4.77. The summed E-state index contributed by atoms with van der Waals surface area (Å²) >= 11 is 0. The van der Waals surface area contributed by atoms with Crippen LogP contribution in [0, 0.1) is 0 Å². The fourth-order valence-electron chi connectivity index (χ4n) is 4.61. The topological polar surface area (TPSA) is 36.9 Å². The lowest BCUT2D eigenvalue weighted by Gasteiger charge is -2.36. The van der Waals surface area contributed by atoms with Gasteiger partial charge in [-0.25, -0.2) is 0 Å². The van der Waals surface area contributed by atoms with Gasteiger partial charge in [0.15, 0.2) is 8.32 Å². The van der Waals surface area contributed by atoms with Crippen LogP contribution in [0.15, 0.2) is 66.7 Å². The maximum absolute atomic E-state index is 6.29. The van der Waals surface area contributed by atoms with Gasteiger partial charge < -0.3 is 18.6 Å². The van der Waals surface area contributed by atoms with Crippen molar-refractivity contribution in [2.75, 3.05) is 21.3 Å². The lowest BCUT2D eigenvalue weighted by Crippen LogP contribution is -2.31. The zero-order valence-electron chi connectivity index (χ0n) is 21.0.